The minimum atomic E-state index is -3.85. The number of imidazole rings is 1. The molecular formula is C25H33N7O5S. The fraction of sp³-hybridized carbons (Fsp3) is 0.440. The second-order valence-corrected chi connectivity index (χ2v) is 11.9. The Bertz CT molecular complexity index is 1680. The lowest BCUT2D eigenvalue weighted by Crippen LogP contribution is -2.44. The molecule has 13 heteroatoms. The van der Waals surface area contributed by atoms with Crippen LogP contribution in [0.25, 0.3) is 11.2 Å². The molecule has 2 aromatic heterocycles. The third kappa shape index (κ3) is 5.03. The number of rotatable bonds is 7. The summed E-state index contributed by atoms with van der Waals surface area (Å²) in [5.74, 6) is -0.201. The van der Waals surface area contributed by atoms with Gasteiger partial charge in [0, 0.05) is 44.5 Å². The van der Waals surface area contributed by atoms with Crippen molar-refractivity contribution < 1.29 is 13.2 Å². The summed E-state index contributed by atoms with van der Waals surface area (Å²) in [6.45, 7) is 4.80. The van der Waals surface area contributed by atoms with Gasteiger partial charge < -0.3 is 20.9 Å². The summed E-state index contributed by atoms with van der Waals surface area (Å²) >= 11 is 0. The number of sulfone groups is 1. The van der Waals surface area contributed by atoms with Gasteiger partial charge >= 0.3 is 5.69 Å². The summed E-state index contributed by atoms with van der Waals surface area (Å²) in [5, 5.41) is 0. The molecule has 4 N–H and O–H groups in total. The van der Waals surface area contributed by atoms with Crippen LogP contribution in [0, 0.1) is 0 Å². The van der Waals surface area contributed by atoms with E-state index < -0.39 is 33.4 Å². The van der Waals surface area contributed by atoms with Crippen molar-refractivity contribution >= 4 is 38.4 Å². The first-order chi connectivity index (χ1) is 17.8. The number of ketones is 1. The average molecular weight is 544 g/mol. The first-order valence-electron chi connectivity index (χ1n) is 12.3. The van der Waals surface area contributed by atoms with E-state index in [9.17, 15) is 22.8 Å². The molecule has 0 amide bonds. The van der Waals surface area contributed by atoms with Crippen LogP contribution in [0.5, 0.6) is 0 Å². The standard InChI is InChI=1S/C25H33N7O5S/c1-15(2)10-12-31-20-22(28-24(31)30-11-6-7-16(26)13-30)29(3)25(35)32(23(20)34)14-19(33)17-8-5-9-18(27)21(17)38(4,36)37/h5,8-10,16H,6-7,11-14,26-27H2,1-4H3. The SMILES string of the molecule is CC(C)=CCn1c(N2CCCC(N)C2)nc2c1c(=O)n(CC(=O)c1cccc(N)c1S(C)(=O)=O)c(=O)n2C. The molecule has 0 spiro atoms. The van der Waals surface area contributed by atoms with Gasteiger partial charge in [-0.05, 0) is 38.8 Å². The minimum Gasteiger partial charge on any atom is -0.398 e. The van der Waals surface area contributed by atoms with Crippen molar-refractivity contribution in [2.45, 2.75) is 50.7 Å². The van der Waals surface area contributed by atoms with Crippen LogP contribution in [0.1, 0.15) is 37.0 Å². The first-order valence-corrected chi connectivity index (χ1v) is 14.2. The molecule has 204 valence electrons. The molecule has 0 aliphatic carbocycles. The Morgan fingerprint density at radius 3 is 2.55 bits per heavy atom. The molecule has 4 rings (SSSR count). The Morgan fingerprint density at radius 2 is 1.92 bits per heavy atom. The Labute approximate surface area is 220 Å². The van der Waals surface area contributed by atoms with Crippen LogP contribution < -0.4 is 27.6 Å². The summed E-state index contributed by atoms with van der Waals surface area (Å²) in [6, 6.07) is 4.10. The zero-order chi connectivity index (χ0) is 27.9. The van der Waals surface area contributed by atoms with Crippen molar-refractivity contribution in [2.75, 3.05) is 30.0 Å². The summed E-state index contributed by atoms with van der Waals surface area (Å²) in [5.41, 5.74) is 11.8. The summed E-state index contributed by atoms with van der Waals surface area (Å²) < 4.78 is 28.5. The van der Waals surface area contributed by atoms with E-state index in [1.807, 2.05) is 24.8 Å². The molecule has 1 fully saturated rings. The molecule has 1 saturated heterocycles. The van der Waals surface area contributed by atoms with Gasteiger partial charge in [0.05, 0.1) is 12.2 Å². The molecule has 1 aliphatic heterocycles. The van der Waals surface area contributed by atoms with E-state index >= 15 is 0 Å². The maximum absolute atomic E-state index is 13.8. The number of hydrogen-bond acceptors (Lipinski definition) is 9. The van der Waals surface area contributed by atoms with E-state index in [1.54, 1.807) is 4.57 Å². The fourth-order valence-corrected chi connectivity index (χ4v) is 5.87. The Morgan fingerprint density at radius 1 is 1.21 bits per heavy atom. The Hall–Kier alpha value is -3.71. The number of hydrogen-bond donors (Lipinski definition) is 2. The number of allylic oxidation sites excluding steroid dienone is 2. The Balaban J connectivity index is 1.91. The lowest BCUT2D eigenvalue weighted by atomic mass is 10.1. The molecule has 3 aromatic rings. The minimum absolute atomic E-state index is 0.0408. The van der Waals surface area contributed by atoms with Crippen molar-refractivity contribution in [3.8, 4) is 0 Å². The van der Waals surface area contributed by atoms with E-state index in [0.29, 0.717) is 25.6 Å². The lowest BCUT2D eigenvalue weighted by Gasteiger charge is -2.31. The predicted molar refractivity (Wildman–Crippen MR) is 146 cm³/mol. The van der Waals surface area contributed by atoms with Gasteiger partial charge in [-0.25, -0.2) is 13.2 Å². The predicted octanol–water partition coefficient (Wildman–Crippen LogP) is 0.659. The number of aryl methyl sites for hydroxylation is 1. The van der Waals surface area contributed by atoms with Crippen LogP contribution in [0.15, 0.2) is 44.3 Å². The molecule has 0 bridgehead atoms. The van der Waals surface area contributed by atoms with Crippen LogP contribution in [-0.4, -0.2) is 58.3 Å². The molecule has 3 heterocycles. The molecule has 0 saturated carbocycles. The largest absolute Gasteiger partial charge is 0.398 e. The summed E-state index contributed by atoms with van der Waals surface area (Å²) in [7, 11) is -2.37. The van der Waals surface area contributed by atoms with Crippen molar-refractivity contribution in [2.24, 2.45) is 12.8 Å². The van der Waals surface area contributed by atoms with Crippen molar-refractivity contribution in [1.82, 2.24) is 18.7 Å². The molecule has 1 unspecified atom stereocenters. The molecule has 0 radical (unpaired) electrons. The van der Waals surface area contributed by atoms with E-state index in [-0.39, 0.29) is 33.4 Å². The van der Waals surface area contributed by atoms with Crippen molar-refractivity contribution in [3.05, 3.63) is 56.2 Å². The number of nitrogens with zero attached hydrogens (tertiary/aromatic N) is 5. The molecule has 38 heavy (non-hydrogen) atoms. The van der Waals surface area contributed by atoms with Crippen LogP contribution in [0.4, 0.5) is 11.6 Å². The normalized spacial score (nSPS) is 16.1. The molecule has 1 aliphatic rings. The van der Waals surface area contributed by atoms with Crippen LogP contribution in [-0.2, 0) is 30.0 Å². The number of piperidine rings is 1. The van der Waals surface area contributed by atoms with E-state index in [1.165, 1.54) is 29.8 Å². The number of carbonyl (C=O) groups excluding carboxylic acids is 1. The van der Waals surface area contributed by atoms with Crippen molar-refractivity contribution in [1.29, 1.82) is 0 Å². The third-order valence-corrected chi connectivity index (χ3v) is 7.85. The van der Waals surface area contributed by atoms with Gasteiger partial charge in [0.25, 0.3) is 5.56 Å². The third-order valence-electron chi connectivity index (χ3n) is 6.65. The first kappa shape index (κ1) is 27.3. The maximum atomic E-state index is 13.8. The van der Waals surface area contributed by atoms with E-state index in [2.05, 4.69) is 4.98 Å². The zero-order valence-electron chi connectivity index (χ0n) is 22.0. The lowest BCUT2D eigenvalue weighted by molar-refractivity contribution is 0.0965. The second-order valence-electron chi connectivity index (χ2n) is 9.98. The van der Waals surface area contributed by atoms with Gasteiger partial charge in [-0.3, -0.25) is 18.7 Å². The smallest absolute Gasteiger partial charge is 0.332 e. The highest BCUT2D eigenvalue weighted by molar-refractivity contribution is 7.91. The van der Waals surface area contributed by atoms with Gasteiger partial charge in [0.15, 0.2) is 26.8 Å². The number of nitrogen functional groups attached to an aromatic ring is 1. The van der Waals surface area contributed by atoms with Gasteiger partial charge in [0.2, 0.25) is 5.95 Å². The van der Waals surface area contributed by atoms with E-state index in [0.717, 1.165) is 29.2 Å². The zero-order valence-corrected chi connectivity index (χ0v) is 22.8. The number of aromatic nitrogens is 4. The van der Waals surface area contributed by atoms with Gasteiger partial charge in [-0.15, -0.1) is 0 Å². The molecule has 12 nitrogen and oxygen atoms in total. The second kappa shape index (κ2) is 10.2. The van der Waals surface area contributed by atoms with E-state index in [4.69, 9.17) is 11.5 Å². The van der Waals surface area contributed by atoms with Crippen LogP contribution in [0.2, 0.25) is 0 Å². The highest BCUT2D eigenvalue weighted by atomic mass is 32.2. The van der Waals surface area contributed by atoms with Crippen LogP contribution >= 0.6 is 0 Å². The molecular weight excluding hydrogens is 510 g/mol. The number of fused-ring (bicyclic) bond motifs is 1. The number of benzene rings is 1. The highest BCUT2D eigenvalue weighted by Gasteiger charge is 2.28. The number of Topliss-reactive ketones (excluding diaryl/α,β-unsaturated/α-hetero) is 1. The van der Waals surface area contributed by atoms with Gasteiger partial charge in [0.1, 0.15) is 4.90 Å². The highest BCUT2D eigenvalue weighted by Crippen LogP contribution is 2.25. The summed E-state index contributed by atoms with van der Waals surface area (Å²) in [4.78, 5) is 46.7. The average Bonchev–Trinajstić information content (AvgIpc) is 3.22. The Kier molecular flexibility index (Phi) is 7.35. The number of nitrogens with two attached hydrogens (primary N) is 2. The molecule has 1 atom stereocenters. The summed E-state index contributed by atoms with van der Waals surface area (Å²) in [6.07, 6.45) is 4.65. The fourth-order valence-electron chi connectivity index (χ4n) is 4.80. The van der Waals surface area contributed by atoms with Crippen LogP contribution in [0.3, 0.4) is 0 Å². The monoisotopic (exact) mass is 543 g/mol. The molecule has 1 aromatic carbocycles. The quantitative estimate of drug-likeness (QED) is 0.247. The number of carbonyl (C=O) groups is 1. The van der Waals surface area contributed by atoms with Crippen molar-refractivity contribution in [3.63, 3.8) is 0 Å². The number of anilines is 2. The van der Waals surface area contributed by atoms with Gasteiger partial charge in [-0.2, -0.15) is 4.98 Å². The van der Waals surface area contributed by atoms with Gasteiger partial charge in [-0.1, -0.05) is 17.7 Å². The topological polar surface area (TPSA) is 168 Å². The maximum Gasteiger partial charge on any atom is 0.332 e.